The number of aromatic amines is 1. The lowest BCUT2D eigenvalue weighted by Crippen LogP contribution is -2.35. The Hall–Kier alpha value is -4.26. The van der Waals surface area contributed by atoms with Crippen molar-refractivity contribution < 1.29 is 9.59 Å². The number of anilines is 2. The standard InChI is InChI=1S/C28H27N5O2/c1-33(22-11-10-19-16-30-17-21(19)13-22)28(35)20(12-18-6-3-2-4-7-18)14-23(34)15-26-24-8-5-9-25(29)27(24)32-31-26/h2-11,13,17,20H,12,14-16,29H2,1H3,(H,31,32). The molecule has 1 aromatic heterocycles. The van der Waals surface area contributed by atoms with E-state index in [0.29, 0.717) is 24.2 Å². The van der Waals surface area contributed by atoms with Gasteiger partial charge in [-0.25, -0.2) is 0 Å². The molecule has 7 nitrogen and oxygen atoms in total. The molecule has 3 N–H and O–H groups in total. The minimum atomic E-state index is -0.490. The quantitative estimate of drug-likeness (QED) is 0.382. The van der Waals surface area contributed by atoms with Crippen molar-refractivity contribution >= 4 is 40.2 Å². The van der Waals surface area contributed by atoms with Gasteiger partial charge in [-0.3, -0.25) is 19.7 Å². The number of hydrogen-bond acceptors (Lipinski definition) is 5. The molecular weight excluding hydrogens is 438 g/mol. The molecule has 176 valence electrons. The summed E-state index contributed by atoms with van der Waals surface area (Å²) >= 11 is 0. The van der Waals surface area contributed by atoms with E-state index in [1.165, 1.54) is 0 Å². The molecule has 0 spiro atoms. The van der Waals surface area contributed by atoms with Crippen LogP contribution in [0.3, 0.4) is 0 Å². The molecule has 1 aliphatic heterocycles. The number of H-pyrrole nitrogens is 1. The Kier molecular flexibility index (Phi) is 6.14. The summed E-state index contributed by atoms with van der Waals surface area (Å²) in [4.78, 5) is 32.8. The van der Waals surface area contributed by atoms with E-state index < -0.39 is 5.92 Å². The number of nitrogens with one attached hydrogen (secondary N) is 1. The van der Waals surface area contributed by atoms with Gasteiger partial charge in [-0.2, -0.15) is 5.10 Å². The number of aromatic nitrogens is 2. The van der Waals surface area contributed by atoms with Gasteiger partial charge in [-0.05, 0) is 41.3 Å². The first-order chi connectivity index (χ1) is 17.0. The van der Waals surface area contributed by atoms with Crippen molar-refractivity contribution in [2.45, 2.75) is 25.8 Å². The van der Waals surface area contributed by atoms with Gasteiger partial charge in [-0.1, -0.05) is 48.5 Å². The summed E-state index contributed by atoms with van der Waals surface area (Å²) in [6.07, 6.45) is 2.62. The number of carbonyl (C=O) groups is 2. The zero-order valence-electron chi connectivity index (χ0n) is 19.6. The van der Waals surface area contributed by atoms with Crippen LogP contribution < -0.4 is 10.6 Å². The molecule has 0 saturated carbocycles. The van der Waals surface area contributed by atoms with E-state index in [-0.39, 0.29) is 24.5 Å². The van der Waals surface area contributed by atoms with Gasteiger partial charge >= 0.3 is 0 Å². The van der Waals surface area contributed by atoms with Gasteiger partial charge in [0.2, 0.25) is 5.91 Å². The highest BCUT2D eigenvalue weighted by molar-refractivity contribution is 5.99. The Morgan fingerprint density at radius 1 is 1.09 bits per heavy atom. The Morgan fingerprint density at radius 2 is 1.91 bits per heavy atom. The van der Waals surface area contributed by atoms with Crippen LogP contribution in [0.15, 0.2) is 71.7 Å². The molecule has 4 aromatic rings. The van der Waals surface area contributed by atoms with E-state index in [4.69, 9.17) is 5.73 Å². The highest BCUT2D eigenvalue weighted by atomic mass is 16.2. The predicted molar refractivity (Wildman–Crippen MR) is 139 cm³/mol. The van der Waals surface area contributed by atoms with E-state index in [2.05, 4.69) is 15.2 Å². The summed E-state index contributed by atoms with van der Waals surface area (Å²) in [6, 6.07) is 21.3. The zero-order valence-corrected chi connectivity index (χ0v) is 19.6. The molecule has 3 aromatic carbocycles. The van der Waals surface area contributed by atoms with Crippen LogP contribution in [0.1, 0.15) is 28.8 Å². The number of nitrogens with zero attached hydrogens (tertiary/aromatic N) is 3. The molecule has 5 rings (SSSR count). The number of hydrogen-bond donors (Lipinski definition) is 2. The Labute approximate surface area is 203 Å². The maximum atomic E-state index is 13.6. The largest absolute Gasteiger partial charge is 0.397 e. The lowest BCUT2D eigenvalue weighted by atomic mass is 9.91. The second kappa shape index (κ2) is 9.54. The highest BCUT2D eigenvalue weighted by Gasteiger charge is 2.27. The summed E-state index contributed by atoms with van der Waals surface area (Å²) in [5, 5.41) is 8.05. The van der Waals surface area contributed by atoms with Crippen molar-refractivity contribution in [2.75, 3.05) is 17.7 Å². The minimum absolute atomic E-state index is 0.0262. The summed E-state index contributed by atoms with van der Waals surface area (Å²) < 4.78 is 0. The number of fused-ring (bicyclic) bond motifs is 2. The van der Waals surface area contributed by atoms with Gasteiger partial charge in [0.15, 0.2) is 0 Å². The SMILES string of the molecule is CN(C(=O)C(CC(=O)Cc1[nH]nc2c(N)cccc12)Cc1ccccc1)c1ccc2c(c1)C=NC2. The third-order valence-corrected chi connectivity index (χ3v) is 6.56. The first kappa shape index (κ1) is 22.5. The van der Waals surface area contributed by atoms with Crippen LogP contribution in [0.2, 0.25) is 0 Å². The van der Waals surface area contributed by atoms with Crippen molar-refractivity contribution in [3.8, 4) is 0 Å². The summed E-state index contributed by atoms with van der Waals surface area (Å²) in [7, 11) is 1.77. The van der Waals surface area contributed by atoms with Crippen molar-refractivity contribution in [3.63, 3.8) is 0 Å². The Bertz CT molecular complexity index is 1420. The Morgan fingerprint density at radius 3 is 2.74 bits per heavy atom. The van der Waals surface area contributed by atoms with E-state index in [1.54, 1.807) is 18.0 Å². The number of nitrogens with two attached hydrogens (primary N) is 1. The second-order valence-electron chi connectivity index (χ2n) is 9.00. The van der Waals surface area contributed by atoms with Gasteiger partial charge in [-0.15, -0.1) is 0 Å². The average Bonchev–Trinajstić information content (AvgIpc) is 3.51. The molecule has 0 aliphatic carbocycles. The fraction of sp³-hybridized carbons (Fsp3) is 0.214. The van der Waals surface area contributed by atoms with Crippen molar-refractivity contribution in [1.29, 1.82) is 0 Å². The molecular formula is C28H27N5O2. The lowest BCUT2D eigenvalue weighted by Gasteiger charge is -2.24. The molecule has 7 heteroatoms. The number of nitrogen functional groups attached to an aromatic ring is 1. The number of aliphatic imine (C=N–C) groups is 1. The number of Topliss-reactive ketones (excluding diaryl/α,β-unsaturated/α-hetero) is 1. The summed E-state index contributed by atoms with van der Waals surface area (Å²) in [5.74, 6) is -0.603. The van der Waals surface area contributed by atoms with Crippen LogP contribution in [-0.4, -0.2) is 35.2 Å². The maximum absolute atomic E-state index is 13.6. The van der Waals surface area contributed by atoms with E-state index in [1.807, 2.05) is 66.9 Å². The monoisotopic (exact) mass is 465 g/mol. The Balaban J connectivity index is 1.37. The number of benzene rings is 3. The van der Waals surface area contributed by atoms with Crippen molar-refractivity contribution in [3.05, 3.63) is 89.1 Å². The van der Waals surface area contributed by atoms with Gasteiger partial charge in [0.25, 0.3) is 0 Å². The predicted octanol–water partition coefficient (Wildman–Crippen LogP) is 4.10. The average molecular weight is 466 g/mol. The smallest absolute Gasteiger partial charge is 0.230 e. The lowest BCUT2D eigenvalue weighted by molar-refractivity contribution is -0.127. The molecule has 1 amide bonds. The third-order valence-electron chi connectivity index (χ3n) is 6.56. The molecule has 35 heavy (non-hydrogen) atoms. The van der Waals surface area contributed by atoms with Crippen LogP contribution in [0, 0.1) is 5.92 Å². The second-order valence-corrected chi connectivity index (χ2v) is 9.00. The molecule has 0 fully saturated rings. The normalized spacial score (nSPS) is 13.1. The van der Waals surface area contributed by atoms with Crippen LogP contribution in [-0.2, 0) is 29.0 Å². The van der Waals surface area contributed by atoms with Gasteiger partial charge in [0, 0.05) is 43.1 Å². The number of ketones is 1. The molecule has 0 radical (unpaired) electrons. The van der Waals surface area contributed by atoms with Crippen molar-refractivity contribution in [1.82, 2.24) is 10.2 Å². The molecule has 0 bridgehead atoms. The van der Waals surface area contributed by atoms with E-state index in [9.17, 15) is 9.59 Å². The van der Waals surface area contributed by atoms with Gasteiger partial charge in [0.05, 0.1) is 17.9 Å². The number of rotatable bonds is 8. The number of para-hydroxylation sites is 1. The fourth-order valence-corrected chi connectivity index (χ4v) is 4.64. The maximum Gasteiger partial charge on any atom is 0.230 e. The van der Waals surface area contributed by atoms with Gasteiger partial charge < -0.3 is 10.6 Å². The fourth-order valence-electron chi connectivity index (χ4n) is 4.64. The molecule has 0 saturated heterocycles. The van der Waals surface area contributed by atoms with Crippen molar-refractivity contribution in [2.24, 2.45) is 10.9 Å². The van der Waals surface area contributed by atoms with E-state index >= 15 is 0 Å². The highest BCUT2D eigenvalue weighted by Crippen LogP contribution is 2.26. The third kappa shape index (κ3) is 4.71. The minimum Gasteiger partial charge on any atom is -0.397 e. The summed E-state index contributed by atoms with van der Waals surface area (Å²) in [6.45, 7) is 0.673. The summed E-state index contributed by atoms with van der Waals surface area (Å²) in [5.41, 5.74) is 11.9. The van der Waals surface area contributed by atoms with E-state index in [0.717, 1.165) is 33.5 Å². The molecule has 1 atom stereocenters. The van der Waals surface area contributed by atoms with Crippen LogP contribution >= 0.6 is 0 Å². The molecule has 2 heterocycles. The number of carbonyl (C=O) groups excluding carboxylic acids is 2. The zero-order chi connectivity index (χ0) is 24.4. The van der Waals surface area contributed by atoms with Gasteiger partial charge in [0.1, 0.15) is 11.3 Å². The topological polar surface area (TPSA) is 104 Å². The van der Waals surface area contributed by atoms with Crippen LogP contribution in [0.5, 0.6) is 0 Å². The first-order valence-electron chi connectivity index (χ1n) is 11.7. The van der Waals surface area contributed by atoms with Crippen LogP contribution in [0.25, 0.3) is 10.9 Å². The molecule has 1 aliphatic rings. The van der Waals surface area contributed by atoms with Crippen LogP contribution in [0.4, 0.5) is 11.4 Å². The molecule has 1 unspecified atom stereocenters. The number of amides is 1. The first-order valence-corrected chi connectivity index (χ1v) is 11.7.